The molecule has 1 aromatic rings. The van der Waals surface area contributed by atoms with Crippen LogP contribution in [0, 0.1) is 5.92 Å². The molecule has 1 heterocycles. The summed E-state index contributed by atoms with van der Waals surface area (Å²) in [5.41, 5.74) is 2.48. The first-order valence-corrected chi connectivity index (χ1v) is 7.50. The molecule has 2 N–H and O–H groups in total. The Labute approximate surface area is 120 Å². The summed E-state index contributed by atoms with van der Waals surface area (Å²) < 4.78 is 0. The summed E-state index contributed by atoms with van der Waals surface area (Å²) in [5.74, 6) is 0.208. The molecule has 1 aliphatic carbocycles. The van der Waals surface area contributed by atoms with Gasteiger partial charge in [0.1, 0.15) is 11.4 Å². The molecule has 1 aromatic heterocycles. The monoisotopic (exact) mass is 276 g/mol. The van der Waals surface area contributed by atoms with Crippen molar-refractivity contribution in [3.63, 3.8) is 0 Å². The quantitative estimate of drug-likeness (QED) is 0.864. The Morgan fingerprint density at radius 1 is 1.35 bits per heavy atom. The van der Waals surface area contributed by atoms with Gasteiger partial charge in [-0.15, -0.1) is 0 Å². The Morgan fingerprint density at radius 2 is 2.05 bits per heavy atom. The van der Waals surface area contributed by atoms with Gasteiger partial charge in [0.2, 0.25) is 0 Å². The number of hydrogen-bond acceptors (Lipinski definition) is 3. The molecule has 0 aliphatic heterocycles. The minimum atomic E-state index is -0.898. The van der Waals surface area contributed by atoms with E-state index in [2.05, 4.69) is 31.1 Å². The van der Waals surface area contributed by atoms with Gasteiger partial charge >= 0.3 is 5.97 Å². The van der Waals surface area contributed by atoms with E-state index in [-0.39, 0.29) is 6.04 Å². The van der Waals surface area contributed by atoms with Gasteiger partial charge in [-0.05, 0) is 56.6 Å². The van der Waals surface area contributed by atoms with Gasteiger partial charge in [-0.25, -0.2) is 9.78 Å². The molecule has 0 bridgehead atoms. The van der Waals surface area contributed by atoms with Crippen LogP contribution in [0.5, 0.6) is 0 Å². The van der Waals surface area contributed by atoms with Crippen LogP contribution < -0.4 is 5.32 Å². The number of carbonyl (C=O) groups is 1. The second kappa shape index (κ2) is 6.25. The molecular formula is C16H24N2O2. The number of carboxylic acids is 1. The smallest absolute Gasteiger partial charge is 0.339 e. The molecule has 1 unspecified atom stereocenters. The lowest BCUT2D eigenvalue weighted by Crippen LogP contribution is -2.22. The lowest BCUT2D eigenvalue weighted by Gasteiger charge is -2.21. The average Bonchev–Trinajstić information content (AvgIpc) is 2.36. The lowest BCUT2D eigenvalue weighted by molar-refractivity contribution is 0.0697. The van der Waals surface area contributed by atoms with Crippen LogP contribution >= 0.6 is 0 Å². The molecule has 0 amide bonds. The van der Waals surface area contributed by atoms with Crippen molar-refractivity contribution in [2.24, 2.45) is 5.92 Å². The molecule has 0 spiro atoms. The third kappa shape index (κ3) is 3.50. The summed E-state index contributed by atoms with van der Waals surface area (Å²) in [6.07, 6.45) is 5.18. The fourth-order valence-corrected chi connectivity index (χ4v) is 2.91. The third-order valence-electron chi connectivity index (χ3n) is 3.74. The molecule has 0 saturated carbocycles. The van der Waals surface area contributed by atoms with Gasteiger partial charge in [0, 0.05) is 11.7 Å². The summed E-state index contributed by atoms with van der Waals surface area (Å²) in [5, 5.41) is 12.7. The van der Waals surface area contributed by atoms with E-state index < -0.39 is 5.97 Å². The number of rotatable bonds is 5. The van der Waals surface area contributed by atoms with E-state index in [1.807, 2.05) is 6.07 Å². The van der Waals surface area contributed by atoms with Crippen molar-refractivity contribution in [3.8, 4) is 0 Å². The molecule has 20 heavy (non-hydrogen) atoms. The summed E-state index contributed by atoms with van der Waals surface area (Å²) in [4.78, 5) is 16.0. The summed E-state index contributed by atoms with van der Waals surface area (Å²) in [7, 11) is 0. The highest BCUT2D eigenvalue weighted by Crippen LogP contribution is 2.25. The largest absolute Gasteiger partial charge is 0.478 e. The van der Waals surface area contributed by atoms with Gasteiger partial charge in [-0.3, -0.25) is 0 Å². The maximum Gasteiger partial charge on any atom is 0.339 e. The van der Waals surface area contributed by atoms with E-state index in [1.165, 1.54) is 0 Å². The van der Waals surface area contributed by atoms with Crippen LogP contribution in [0.15, 0.2) is 6.07 Å². The van der Waals surface area contributed by atoms with Crippen LogP contribution in [-0.2, 0) is 12.8 Å². The minimum absolute atomic E-state index is 0.224. The van der Waals surface area contributed by atoms with E-state index in [4.69, 9.17) is 0 Å². The van der Waals surface area contributed by atoms with Crippen molar-refractivity contribution >= 4 is 11.8 Å². The van der Waals surface area contributed by atoms with E-state index in [0.29, 0.717) is 17.3 Å². The Bertz CT molecular complexity index is 497. The number of pyridine rings is 1. The Hall–Kier alpha value is -1.58. The molecule has 4 heteroatoms. The first-order chi connectivity index (χ1) is 9.47. The van der Waals surface area contributed by atoms with Crippen molar-refractivity contribution < 1.29 is 9.90 Å². The first kappa shape index (κ1) is 14.8. The van der Waals surface area contributed by atoms with E-state index >= 15 is 0 Å². The Morgan fingerprint density at radius 3 is 2.70 bits per heavy atom. The molecular weight excluding hydrogens is 252 g/mol. The van der Waals surface area contributed by atoms with Crippen molar-refractivity contribution in [1.29, 1.82) is 0 Å². The van der Waals surface area contributed by atoms with Gasteiger partial charge in [-0.1, -0.05) is 13.8 Å². The molecule has 0 fully saturated rings. The van der Waals surface area contributed by atoms with Crippen LogP contribution in [0.25, 0.3) is 0 Å². The maximum absolute atomic E-state index is 11.4. The van der Waals surface area contributed by atoms with Crippen LogP contribution in [0.3, 0.4) is 0 Å². The van der Waals surface area contributed by atoms with Gasteiger partial charge < -0.3 is 10.4 Å². The number of aryl methyl sites for hydroxylation is 2. The molecule has 1 atom stereocenters. The molecule has 0 radical (unpaired) electrons. The number of nitrogens with zero attached hydrogens (tertiary/aromatic N) is 1. The van der Waals surface area contributed by atoms with Crippen molar-refractivity contribution in [3.05, 3.63) is 22.9 Å². The molecule has 0 aromatic carbocycles. The minimum Gasteiger partial charge on any atom is -0.478 e. The van der Waals surface area contributed by atoms with Crippen LogP contribution in [0.1, 0.15) is 61.6 Å². The number of anilines is 1. The van der Waals surface area contributed by atoms with Gasteiger partial charge in [0.15, 0.2) is 0 Å². The predicted octanol–water partition coefficient (Wildman–Crippen LogP) is 3.51. The fraction of sp³-hybridized carbons (Fsp3) is 0.625. The van der Waals surface area contributed by atoms with Gasteiger partial charge in [0.25, 0.3) is 0 Å². The fourth-order valence-electron chi connectivity index (χ4n) is 2.91. The Kier molecular flexibility index (Phi) is 4.63. The van der Waals surface area contributed by atoms with E-state index in [9.17, 15) is 9.90 Å². The normalized spacial score (nSPS) is 15.8. The lowest BCUT2D eigenvalue weighted by atomic mass is 9.94. The first-order valence-electron chi connectivity index (χ1n) is 7.50. The second-order valence-electron chi connectivity index (χ2n) is 6.18. The average molecular weight is 276 g/mol. The molecule has 4 nitrogen and oxygen atoms in total. The molecule has 2 rings (SSSR count). The molecule has 1 aliphatic rings. The second-order valence-corrected chi connectivity index (χ2v) is 6.18. The zero-order valence-corrected chi connectivity index (χ0v) is 12.6. The number of aromatic carboxylic acids is 1. The predicted molar refractivity (Wildman–Crippen MR) is 80.4 cm³/mol. The number of carboxylic acid groups (broad SMARTS) is 1. The summed E-state index contributed by atoms with van der Waals surface area (Å²) in [6, 6.07) is 2.04. The highest BCUT2D eigenvalue weighted by molar-refractivity contribution is 5.93. The van der Waals surface area contributed by atoms with Crippen LogP contribution in [-0.4, -0.2) is 22.1 Å². The van der Waals surface area contributed by atoms with Crippen molar-refractivity contribution in [1.82, 2.24) is 4.98 Å². The van der Waals surface area contributed by atoms with Gasteiger partial charge in [-0.2, -0.15) is 0 Å². The summed E-state index contributed by atoms with van der Waals surface area (Å²) >= 11 is 0. The zero-order valence-electron chi connectivity index (χ0n) is 12.6. The number of aromatic nitrogens is 1. The molecule has 0 saturated heterocycles. The number of nitrogens with one attached hydrogen (secondary N) is 1. The highest BCUT2D eigenvalue weighted by atomic mass is 16.4. The SMILES string of the molecule is CC(C)CC(C)Nc1nc2c(cc1C(=O)O)CCCC2. The summed E-state index contributed by atoms with van der Waals surface area (Å²) in [6.45, 7) is 6.40. The van der Waals surface area contributed by atoms with Crippen molar-refractivity contribution in [2.45, 2.75) is 58.9 Å². The standard InChI is InChI=1S/C16H24N2O2/c1-10(2)8-11(3)17-15-13(16(19)20)9-12-6-4-5-7-14(12)18-15/h9-11H,4-8H2,1-3H3,(H,17,18)(H,19,20). The van der Waals surface area contributed by atoms with Crippen molar-refractivity contribution in [2.75, 3.05) is 5.32 Å². The number of hydrogen-bond donors (Lipinski definition) is 2. The third-order valence-corrected chi connectivity index (χ3v) is 3.74. The Balaban J connectivity index is 2.28. The van der Waals surface area contributed by atoms with Crippen LogP contribution in [0.2, 0.25) is 0 Å². The topological polar surface area (TPSA) is 62.2 Å². The highest BCUT2D eigenvalue weighted by Gasteiger charge is 2.20. The van der Waals surface area contributed by atoms with Gasteiger partial charge in [0.05, 0.1) is 0 Å². The number of fused-ring (bicyclic) bond motifs is 1. The molecule has 110 valence electrons. The van der Waals surface area contributed by atoms with Crippen LogP contribution in [0.4, 0.5) is 5.82 Å². The van der Waals surface area contributed by atoms with E-state index in [1.54, 1.807) is 0 Å². The maximum atomic E-state index is 11.4. The zero-order chi connectivity index (χ0) is 14.7. The van der Waals surface area contributed by atoms with E-state index in [0.717, 1.165) is 43.4 Å².